The fraction of sp³-hybridized carbons (Fsp3) is 0.412. The van der Waals surface area contributed by atoms with E-state index < -0.39 is 0 Å². The molecule has 0 saturated heterocycles. The first kappa shape index (κ1) is 15.3. The standard InChI is InChI=1S/C17H22N2O2/c1-3-10-19-13-18-11-16(19)12-21-17-8-6-15(7-9-17)5-4-14(2)20/h6-9,11,13H,3-5,10,12H2,1-2H3. The topological polar surface area (TPSA) is 44.1 Å². The maximum atomic E-state index is 11.0. The Morgan fingerprint density at radius 2 is 2.05 bits per heavy atom. The molecule has 0 aliphatic carbocycles. The number of ether oxygens (including phenoxy) is 1. The van der Waals surface area contributed by atoms with Crippen molar-refractivity contribution in [3.63, 3.8) is 0 Å². The van der Waals surface area contributed by atoms with Gasteiger partial charge in [-0.25, -0.2) is 4.98 Å². The molecule has 0 atom stereocenters. The van der Waals surface area contributed by atoms with Gasteiger partial charge in [-0.3, -0.25) is 0 Å². The van der Waals surface area contributed by atoms with Crippen LogP contribution in [0.5, 0.6) is 5.75 Å². The molecule has 0 bridgehead atoms. The molecule has 0 saturated carbocycles. The normalized spacial score (nSPS) is 10.6. The summed E-state index contributed by atoms with van der Waals surface area (Å²) in [7, 11) is 0. The van der Waals surface area contributed by atoms with Gasteiger partial charge >= 0.3 is 0 Å². The number of rotatable bonds is 8. The Balaban J connectivity index is 1.88. The molecule has 0 aliphatic heterocycles. The first-order valence-electron chi connectivity index (χ1n) is 7.39. The molecule has 1 heterocycles. The van der Waals surface area contributed by atoms with Crippen molar-refractivity contribution in [3.05, 3.63) is 48.0 Å². The summed E-state index contributed by atoms with van der Waals surface area (Å²) in [6, 6.07) is 7.94. The van der Waals surface area contributed by atoms with Crippen LogP contribution < -0.4 is 4.74 Å². The van der Waals surface area contributed by atoms with Crippen LogP contribution in [0.15, 0.2) is 36.8 Å². The fourth-order valence-corrected chi connectivity index (χ4v) is 2.14. The number of carbonyl (C=O) groups excluding carboxylic acids is 1. The minimum Gasteiger partial charge on any atom is -0.487 e. The molecule has 4 heteroatoms. The minimum absolute atomic E-state index is 0.222. The van der Waals surface area contributed by atoms with Gasteiger partial charge < -0.3 is 14.1 Å². The number of ketones is 1. The molecule has 0 unspecified atom stereocenters. The molecule has 4 nitrogen and oxygen atoms in total. The number of carbonyl (C=O) groups is 1. The van der Waals surface area contributed by atoms with E-state index in [4.69, 9.17) is 4.74 Å². The average molecular weight is 286 g/mol. The Bertz CT molecular complexity index is 573. The van der Waals surface area contributed by atoms with Gasteiger partial charge in [-0.15, -0.1) is 0 Å². The van der Waals surface area contributed by atoms with Crippen molar-refractivity contribution in [3.8, 4) is 5.75 Å². The van der Waals surface area contributed by atoms with E-state index in [1.54, 1.807) is 6.92 Å². The summed E-state index contributed by atoms with van der Waals surface area (Å²) in [5.41, 5.74) is 2.24. The number of hydrogen-bond donors (Lipinski definition) is 0. The van der Waals surface area contributed by atoms with Crippen LogP contribution in [0.2, 0.25) is 0 Å². The molecule has 0 spiro atoms. The molecule has 0 N–H and O–H groups in total. The fourth-order valence-electron chi connectivity index (χ4n) is 2.14. The number of aromatic nitrogens is 2. The van der Waals surface area contributed by atoms with Crippen LogP contribution in [-0.2, 0) is 24.4 Å². The maximum Gasteiger partial charge on any atom is 0.130 e. The Kier molecular flexibility index (Phi) is 5.55. The van der Waals surface area contributed by atoms with Gasteiger partial charge in [0.1, 0.15) is 18.1 Å². The van der Waals surface area contributed by atoms with E-state index in [-0.39, 0.29) is 5.78 Å². The van der Waals surface area contributed by atoms with Crippen LogP contribution in [0.3, 0.4) is 0 Å². The lowest BCUT2D eigenvalue weighted by atomic mass is 10.1. The summed E-state index contributed by atoms with van der Waals surface area (Å²) in [5.74, 6) is 1.06. The third-order valence-electron chi connectivity index (χ3n) is 3.34. The lowest BCUT2D eigenvalue weighted by molar-refractivity contribution is -0.116. The van der Waals surface area contributed by atoms with E-state index in [0.717, 1.165) is 36.4 Å². The van der Waals surface area contributed by atoms with Crippen molar-refractivity contribution in [2.75, 3.05) is 0 Å². The average Bonchev–Trinajstić information content (AvgIpc) is 2.92. The predicted octanol–water partition coefficient (Wildman–Crippen LogP) is 3.39. The van der Waals surface area contributed by atoms with Crippen molar-refractivity contribution >= 4 is 5.78 Å². The lowest BCUT2D eigenvalue weighted by Gasteiger charge is -2.09. The SMILES string of the molecule is CCCn1cncc1COc1ccc(CCC(C)=O)cc1. The second kappa shape index (κ2) is 7.62. The zero-order chi connectivity index (χ0) is 15.1. The number of benzene rings is 1. The Morgan fingerprint density at radius 1 is 1.29 bits per heavy atom. The van der Waals surface area contributed by atoms with Gasteiger partial charge in [0.15, 0.2) is 0 Å². The number of hydrogen-bond acceptors (Lipinski definition) is 3. The zero-order valence-corrected chi connectivity index (χ0v) is 12.7. The van der Waals surface area contributed by atoms with E-state index >= 15 is 0 Å². The Hall–Kier alpha value is -2.10. The summed E-state index contributed by atoms with van der Waals surface area (Å²) in [4.78, 5) is 15.1. The highest BCUT2D eigenvalue weighted by Crippen LogP contribution is 2.15. The molecule has 2 aromatic rings. The van der Waals surface area contributed by atoms with Crippen LogP contribution >= 0.6 is 0 Å². The molecule has 2 rings (SSSR count). The highest BCUT2D eigenvalue weighted by molar-refractivity contribution is 5.75. The Labute approximate surface area is 125 Å². The molecule has 0 radical (unpaired) electrons. The molecule has 21 heavy (non-hydrogen) atoms. The molecule has 112 valence electrons. The molecule has 0 aliphatic rings. The van der Waals surface area contributed by atoms with E-state index in [2.05, 4.69) is 16.5 Å². The van der Waals surface area contributed by atoms with Crippen LogP contribution in [0.1, 0.15) is 37.9 Å². The highest BCUT2D eigenvalue weighted by Gasteiger charge is 2.03. The molecule has 0 fully saturated rings. The molecule has 0 amide bonds. The van der Waals surface area contributed by atoms with Crippen LogP contribution in [0, 0.1) is 0 Å². The predicted molar refractivity (Wildman–Crippen MR) is 82.3 cm³/mol. The maximum absolute atomic E-state index is 11.0. The summed E-state index contributed by atoms with van der Waals surface area (Å²) in [6.07, 6.45) is 6.15. The van der Waals surface area contributed by atoms with Crippen LogP contribution in [0.25, 0.3) is 0 Å². The van der Waals surface area contributed by atoms with Crippen molar-refractivity contribution in [1.82, 2.24) is 9.55 Å². The first-order chi connectivity index (χ1) is 10.2. The monoisotopic (exact) mass is 286 g/mol. The van der Waals surface area contributed by atoms with Gasteiger partial charge in [-0.1, -0.05) is 19.1 Å². The second-order valence-electron chi connectivity index (χ2n) is 5.21. The van der Waals surface area contributed by atoms with Gasteiger partial charge in [0.2, 0.25) is 0 Å². The number of imidazole rings is 1. The smallest absolute Gasteiger partial charge is 0.130 e. The van der Waals surface area contributed by atoms with E-state index in [1.165, 1.54) is 0 Å². The second-order valence-corrected chi connectivity index (χ2v) is 5.21. The summed E-state index contributed by atoms with van der Waals surface area (Å²) < 4.78 is 7.90. The van der Waals surface area contributed by atoms with Gasteiger partial charge in [0.25, 0.3) is 0 Å². The zero-order valence-electron chi connectivity index (χ0n) is 12.7. The van der Waals surface area contributed by atoms with Crippen molar-refractivity contribution in [2.45, 2.75) is 46.3 Å². The number of Topliss-reactive ketones (excluding diaryl/α,β-unsaturated/α-hetero) is 1. The third-order valence-corrected chi connectivity index (χ3v) is 3.34. The van der Waals surface area contributed by atoms with Crippen LogP contribution in [-0.4, -0.2) is 15.3 Å². The quantitative estimate of drug-likeness (QED) is 0.747. The lowest BCUT2D eigenvalue weighted by Crippen LogP contribution is -2.05. The van der Waals surface area contributed by atoms with Crippen LogP contribution in [0.4, 0.5) is 0 Å². The molecule has 1 aromatic carbocycles. The largest absolute Gasteiger partial charge is 0.487 e. The van der Waals surface area contributed by atoms with Crippen molar-refractivity contribution in [2.24, 2.45) is 0 Å². The molecular formula is C17H22N2O2. The van der Waals surface area contributed by atoms with Gasteiger partial charge in [-0.05, 0) is 37.5 Å². The van der Waals surface area contributed by atoms with E-state index in [1.807, 2.05) is 36.8 Å². The number of aryl methyl sites for hydroxylation is 2. The number of nitrogens with zero attached hydrogens (tertiary/aromatic N) is 2. The third kappa shape index (κ3) is 4.74. The van der Waals surface area contributed by atoms with E-state index in [0.29, 0.717) is 13.0 Å². The van der Waals surface area contributed by atoms with Gasteiger partial charge in [0, 0.05) is 13.0 Å². The molecule has 1 aromatic heterocycles. The first-order valence-corrected chi connectivity index (χ1v) is 7.39. The summed E-state index contributed by atoms with van der Waals surface area (Å²) in [5, 5.41) is 0. The molecular weight excluding hydrogens is 264 g/mol. The highest BCUT2D eigenvalue weighted by atomic mass is 16.5. The van der Waals surface area contributed by atoms with E-state index in [9.17, 15) is 4.79 Å². The van der Waals surface area contributed by atoms with Crippen molar-refractivity contribution in [1.29, 1.82) is 0 Å². The van der Waals surface area contributed by atoms with Gasteiger partial charge in [0.05, 0.1) is 18.2 Å². The summed E-state index contributed by atoms with van der Waals surface area (Å²) >= 11 is 0. The minimum atomic E-state index is 0.222. The van der Waals surface area contributed by atoms with Gasteiger partial charge in [-0.2, -0.15) is 0 Å². The van der Waals surface area contributed by atoms with Crippen molar-refractivity contribution < 1.29 is 9.53 Å². The Morgan fingerprint density at radius 3 is 2.71 bits per heavy atom. The summed E-state index contributed by atoms with van der Waals surface area (Å²) in [6.45, 7) is 5.25.